The first-order valence-electron chi connectivity index (χ1n) is 22.2. The number of hydrogen-bond donors (Lipinski definition) is 2. The maximum Gasteiger partial charge on any atom is 0.125 e. The second-order valence-electron chi connectivity index (χ2n) is 17.8. The van der Waals surface area contributed by atoms with Gasteiger partial charge < -0.3 is 14.8 Å². The van der Waals surface area contributed by atoms with E-state index in [-0.39, 0.29) is 11.5 Å². The van der Waals surface area contributed by atoms with Gasteiger partial charge in [0.1, 0.15) is 5.84 Å². The molecule has 0 spiro atoms. The van der Waals surface area contributed by atoms with Gasteiger partial charge in [-0.25, -0.2) is 0 Å². The number of nitrogens with zero attached hydrogens (tertiary/aromatic N) is 2. The van der Waals surface area contributed by atoms with Crippen molar-refractivity contribution in [2.24, 2.45) is 0 Å². The molecule has 0 fully saturated rings. The number of nitrogens with one attached hydrogen (secondary N) is 2. The Labute approximate surface area is 370 Å². The predicted molar refractivity (Wildman–Crippen MR) is 265 cm³/mol. The normalized spacial score (nSPS) is 16.9. The molecule has 63 heavy (non-hydrogen) atoms. The van der Waals surface area contributed by atoms with E-state index < -0.39 is 0 Å². The van der Waals surface area contributed by atoms with Crippen LogP contribution in [0.25, 0.3) is 46.5 Å². The summed E-state index contributed by atoms with van der Waals surface area (Å²) in [7, 11) is 0. The molecule has 11 rings (SSSR count). The third-order valence-electron chi connectivity index (χ3n) is 13.7. The molecular weight excluding hydrogens is 765 g/mol. The zero-order valence-corrected chi connectivity index (χ0v) is 36.1. The van der Waals surface area contributed by atoms with Crippen molar-refractivity contribution in [1.82, 2.24) is 9.88 Å². The number of benzene rings is 6. The van der Waals surface area contributed by atoms with E-state index in [0.717, 1.165) is 41.9 Å². The van der Waals surface area contributed by atoms with Gasteiger partial charge in [-0.3, -0.25) is 5.41 Å². The first-order valence-corrected chi connectivity index (χ1v) is 22.2. The highest BCUT2D eigenvalue weighted by Crippen LogP contribution is 2.47. The lowest BCUT2D eigenvalue weighted by atomic mass is 9.76. The second kappa shape index (κ2) is 15.5. The van der Waals surface area contributed by atoms with Crippen molar-refractivity contribution in [1.29, 1.82) is 5.41 Å². The predicted octanol–water partition coefficient (Wildman–Crippen LogP) is 13.6. The molecule has 2 heterocycles. The lowest BCUT2D eigenvalue weighted by Gasteiger charge is -2.33. The SMILES string of the molecule is Cc1ccccc1/C=C1\CN(C2=CCc3ccc(C(NC(=N)C4=CCc5c(n(-c6ccccc6)c6ccccc56)C=C4)C4=Cc5ccccc5C4(C)C)cc3C=C2)c2ccccc21. The summed E-state index contributed by atoms with van der Waals surface area (Å²) in [5.41, 5.74) is 20.5. The van der Waals surface area contributed by atoms with Gasteiger partial charge in [-0.15, -0.1) is 0 Å². The van der Waals surface area contributed by atoms with Crippen LogP contribution in [-0.2, 0) is 18.3 Å². The van der Waals surface area contributed by atoms with Gasteiger partial charge in [0.05, 0.1) is 17.3 Å². The van der Waals surface area contributed by atoms with Gasteiger partial charge in [-0.05, 0) is 130 Å². The average molecular weight is 815 g/mol. The second-order valence-corrected chi connectivity index (χ2v) is 17.8. The minimum atomic E-state index is -0.241. The van der Waals surface area contributed by atoms with Crippen LogP contribution >= 0.6 is 0 Å². The van der Waals surface area contributed by atoms with Gasteiger partial charge in [0.25, 0.3) is 0 Å². The summed E-state index contributed by atoms with van der Waals surface area (Å²) in [4.78, 5) is 2.47. The first kappa shape index (κ1) is 38.5. The number of amidine groups is 1. The van der Waals surface area contributed by atoms with Gasteiger partial charge >= 0.3 is 0 Å². The third-order valence-corrected chi connectivity index (χ3v) is 13.7. The Morgan fingerprint density at radius 3 is 2.38 bits per heavy atom. The monoisotopic (exact) mass is 814 g/mol. The molecule has 1 atom stereocenters. The summed E-state index contributed by atoms with van der Waals surface area (Å²) in [5, 5.41) is 14.8. The van der Waals surface area contributed by atoms with Crippen LogP contribution in [0.15, 0.2) is 187 Å². The Morgan fingerprint density at radius 1 is 0.730 bits per heavy atom. The number of aromatic nitrogens is 1. The number of fused-ring (bicyclic) bond motifs is 6. The van der Waals surface area contributed by atoms with E-state index in [1.54, 1.807) is 0 Å². The van der Waals surface area contributed by atoms with E-state index in [2.05, 4.69) is 230 Å². The number of allylic oxidation sites excluding steroid dienone is 3. The summed E-state index contributed by atoms with van der Waals surface area (Å²) in [6, 6.07) is 52.2. The lowest BCUT2D eigenvalue weighted by Crippen LogP contribution is -2.34. The Bertz CT molecular complexity index is 3180. The number of anilines is 1. The van der Waals surface area contributed by atoms with Crippen molar-refractivity contribution < 1.29 is 0 Å². The molecule has 0 radical (unpaired) electrons. The first-order chi connectivity index (χ1) is 30.8. The van der Waals surface area contributed by atoms with E-state index in [1.807, 2.05) is 0 Å². The van der Waals surface area contributed by atoms with Crippen LogP contribution < -0.4 is 10.2 Å². The molecule has 1 aliphatic heterocycles. The molecule has 6 aromatic carbocycles. The minimum absolute atomic E-state index is 0.229. The van der Waals surface area contributed by atoms with Gasteiger partial charge in [-0.1, -0.05) is 153 Å². The van der Waals surface area contributed by atoms with Crippen LogP contribution in [0.2, 0.25) is 0 Å². The zero-order chi connectivity index (χ0) is 42.7. The number of para-hydroxylation sites is 3. The van der Waals surface area contributed by atoms with Crippen LogP contribution in [0.3, 0.4) is 0 Å². The van der Waals surface area contributed by atoms with Crippen LogP contribution in [0.1, 0.15) is 75.7 Å². The van der Waals surface area contributed by atoms with Crippen molar-refractivity contribution in [3.63, 3.8) is 0 Å². The molecule has 7 aromatic rings. The van der Waals surface area contributed by atoms with Gasteiger partial charge in [0, 0.05) is 45.6 Å². The molecule has 4 nitrogen and oxygen atoms in total. The van der Waals surface area contributed by atoms with Crippen molar-refractivity contribution in [3.8, 4) is 5.69 Å². The van der Waals surface area contributed by atoms with E-state index in [0.29, 0.717) is 5.84 Å². The summed E-state index contributed by atoms with van der Waals surface area (Å²) >= 11 is 0. The molecule has 2 N–H and O–H groups in total. The van der Waals surface area contributed by atoms with Crippen LogP contribution in [0.5, 0.6) is 0 Å². The molecule has 0 saturated carbocycles. The summed E-state index contributed by atoms with van der Waals surface area (Å²) in [5.74, 6) is 0.418. The van der Waals surface area contributed by atoms with E-state index in [9.17, 15) is 5.41 Å². The highest BCUT2D eigenvalue weighted by Gasteiger charge is 2.38. The fraction of sp³-hybridized carbons (Fsp3) is 0.136. The molecule has 4 aliphatic rings. The van der Waals surface area contributed by atoms with E-state index >= 15 is 0 Å². The minimum Gasteiger partial charge on any atom is -0.359 e. The zero-order valence-electron chi connectivity index (χ0n) is 36.1. The summed E-state index contributed by atoms with van der Waals surface area (Å²) < 4.78 is 2.36. The Hall–Kier alpha value is -7.43. The third kappa shape index (κ3) is 6.74. The lowest BCUT2D eigenvalue weighted by molar-refractivity contribution is 0.559. The molecule has 0 bridgehead atoms. The quantitative estimate of drug-likeness (QED) is 0.124. The van der Waals surface area contributed by atoms with Crippen LogP contribution in [0.4, 0.5) is 5.69 Å². The van der Waals surface area contributed by atoms with E-state index in [4.69, 9.17) is 0 Å². The van der Waals surface area contributed by atoms with Crippen molar-refractivity contribution >= 4 is 52.3 Å². The number of rotatable bonds is 7. The van der Waals surface area contributed by atoms with Crippen molar-refractivity contribution in [2.75, 3.05) is 11.4 Å². The highest BCUT2D eigenvalue weighted by molar-refractivity contribution is 6.01. The molecule has 4 heteroatoms. The molecule has 3 aliphatic carbocycles. The average Bonchev–Trinajstić information content (AvgIpc) is 3.76. The van der Waals surface area contributed by atoms with Gasteiger partial charge in [-0.2, -0.15) is 0 Å². The van der Waals surface area contributed by atoms with Crippen LogP contribution in [-0.4, -0.2) is 16.9 Å². The maximum absolute atomic E-state index is 9.76. The van der Waals surface area contributed by atoms with Gasteiger partial charge in [0.15, 0.2) is 0 Å². The molecule has 0 saturated heterocycles. The van der Waals surface area contributed by atoms with Crippen LogP contribution in [0, 0.1) is 12.3 Å². The molecule has 1 unspecified atom stereocenters. The van der Waals surface area contributed by atoms with E-state index in [1.165, 1.54) is 77.9 Å². The standard InChI is InChI=1S/C59H50N4/c1-39-15-7-8-16-42(39)35-46-38-62(54-23-13-10-20-49(46)54)47-31-27-40-25-26-45(36-43(40)28-32-47)57(53-37-44-17-9-12-22-52(44)59(53,2)3)61-58(60)41-29-33-51-50-21-11-14-24-55(50)63(56(51)34-30-41)48-18-5-4-6-19-48/h4-26,28-32,34-37,57H,27,33,38H2,1-3H3,(H2,60,61)/b46-35+. The van der Waals surface area contributed by atoms with Crippen molar-refractivity contribution in [3.05, 3.63) is 243 Å². The largest absolute Gasteiger partial charge is 0.359 e. The number of aryl methyl sites for hydroxylation is 1. The molecular formula is C59H50N4. The van der Waals surface area contributed by atoms with Crippen molar-refractivity contribution in [2.45, 2.75) is 45.1 Å². The highest BCUT2D eigenvalue weighted by atomic mass is 15.2. The molecule has 0 amide bonds. The fourth-order valence-corrected chi connectivity index (χ4v) is 10.3. The number of hydrogen-bond acceptors (Lipinski definition) is 2. The summed E-state index contributed by atoms with van der Waals surface area (Å²) in [6.45, 7) is 7.66. The Kier molecular flexibility index (Phi) is 9.46. The smallest absolute Gasteiger partial charge is 0.125 e. The fourth-order valence-electron chi connectivity index (χ4n) is 10.3. The summed E-state index contributed by atoms with van der Waals surface area (Å²) in [6.07, 6.45) is 19.8. The maximum atomic E-state index is 9.76. The molecule has 306 valence electrons. The Balaban J connectivity index is 0.923. The van der Waals surface area contributed by atoms with Gasteiger partial charge in [0.2, 0.25) is 0 Å². The topological polar surface area (TPSA) is 44.1 Å². The molecule has 1 aromatic heterocycles. The Morgan fingerprint density at radius 2 is 1.51 bits per heavy atom.